The molecule has 2 unspecified atom stereocenters. The maximum atomic E-state index is 9.50. The van der Waals surface area contributed by atoms with Gasteiger partial charge in [0.15, 0.2) is 0 Å². The summed E-state index contributed by atoms with van der Waals surface area (Å²) < 4.78 is 16.1. The molecule has 0 rings (SSSR count). The molecular weight excluding hydrogens is 101 g/mol. The van der Waals surface area contributed by atoms with Crippen LogP contribution in [-0.4, -0.2) is 7.15 Å². The molecule has 0 aromatic carbocycles. The molecule has 0 N–H and O–H groups in total. The van der Waals surface area contributed by atoms with E-state index >= 15 is 0 Å². The second-order valence-corrected chi connectivity index (χ2v) is 1.85. The summed E-state index contributed by atoms with van der Waals surface area (Å²) in [4.78, 5) is 0. The van der Waals surface area contributed by atoms with Crippen LogP contribution in [-0.2, 0) is 4.70 Å². The van der Waals surface area contributed by atoms with Crippen molar-refractivity contribution in [2.75, 3.05) is 0 Å². The van der Waals surface area contributed by atoms with Gasteiger partial charge in [-0.05, 0) is 0 Å². The van der Waals surface area contributed by atoms with E-state index in [-0.39, 0.29) is 14.3 Å². The summed E-state index contributed by atoms with van der Waals surface area (Å²) in [6.07, 6.45) is 0. The van der Waals surface area contributed by atoms with Crippen molar-refractivity contribution in [2.24, 2.45) is 0 Å². The molecule has 0 fully saturated rings. The monoisotopic (exact) mass is 106 g/mol. The first-order valence-corrected chi connectivity index (χ1v) is 3.87. The Hall–Kier alpha value is 0.595. The summed E-state index contributed by atoms with van der Waals surface area (Å²) >= 11 is 0. The third-order valence-electron chi connectivity index (χ3n) is 0.142. The van der Waals surface area contributed by atoms with E-state index in [1.165, 1.54) is 0 Å². The predicted octanol–water partition coefficient (Wildman–Crippen LogP) is 0.624. The van der Waals surface area contributed by atoms with E-state index in [0.717, 1.165) is 0 Å². The van der Waals surface area contributed by atoms with Crippen LogP contribution >= 0.6 is 17.2 Å². The van der Waals surface area contributed by atoms with Gasteiger partial charge in [0.2, 0.25) is 0 Å². The summed E-state index contributed by atoms with van der Waals surface area (Å²) in [5.74, 6) is 0. The molecule has 0 aromatic heterocycles. The number of rotatable bonds is 2. The van der Waals surface area contributed by atoms with Crippen molar-refractivity contribution in [1.82, 2.24) is 0 Å². The first-order valence-electron chi connectivity index (χ1n) is 1.56. The van der Waals surface area contributed by atoms with Gasteiger partial charge in [0.05, 0.1) is 0 Å². The molecule has 28 valence electrons. The molecule has 0 radical (unpaired) electrons. The molecule has 0 heterocycles. The van der Waals surface area contributed by atoms with E-state index in [1.54, 1.807) is 0 Å². The summed E-state index contributed by atoms with van der Waals surface area (Å²) in [6.45, 7) is 0. The Kier molecular flexibility index (Phi) is 3.47. The fourth-order valence-electron chi connectivity index (χ4n) is 0.0340. The van der Waals surface area contributed by atoms with Crippen LogP contribution < -0.4 is 0 Å². The van der Waals surface area contributed by atoms with E-state index in [0.29, 0.717) is 7.15 Å². The quantitative estimate of drug-likeness (QED) is 0.286. The molecular formula is CH4BOP2-. The van der Waals surface area contributed by atoms with Crippen molar-refractivity contribution in [3.05, 3.63) is 6.04 Å². The summed E-state index contributed by atoms with van der Waals surface area (Å²) in [7, 11) is 3.12. The second kappa shape index (κ2) is 4.59. The fourth-order valence-corrected chi connectivity index (χ4v) is 0.306. The van der Waals surface area contributed by atoms with E-state index < -0.39 is 0 Å². The van der Waals surface area contributed by atoms with Crippen molar-refractivity contribution in [3.8, 4) is 0 Å². The van der Waals surface area contributed by atoms with Gasteiger partial charge in [0.25, 0.3) is 0 Å². The Morgan fingerprint density at radius 1 is 2.40 bits per heavy atom. The molecule has 0 saturated carbocycles. The molecule has 0 aliphatic carbocycles. The van der Waals surface area contributed by atoms with Gasteiger partial charge in [-0.1, -0.05) is 0 Å². The molecule has 5 heavy (non-hydrogen) atoms. The summed E-state index contributed by atoms with van der Waals surface area (Å²) in [6, 6.07) is 0.153. The van der Waals surface area contributed by atoms with E-state index in [1.807, 2.05) is 0 Å². The Labute approximate surface area is 37.4 Å². The molecule has 0 aliphatic heterocycles. The molecule has 1 nitrogen and oxygen atoms in total. The van der Waals surface area contributed by atoms with Crippen molar-refractivity contribution >= 4 is 24.3 Å². The second-order valence-electron chi connectivity index (χ2n) is 0.407. The topological polar surface area (TPSA) is 17.1 Å². The minimum atomic E-state index is 0.153. The van der Waals surface area contributed by atoms with Crippen LogP contribution in [0.25, 0.3) is 0 Å². The van der Waals surface area contributed by atoms with Gasteiger partial charge in [-0.15, -0.1) is 0 Å². The average Bonchev–Trinajstić information content (AvgIpc) is 1.65. The molecule has 0 bridgehead atoms. The molecule has 4 heteroatoms. The Morgan fingerprint density at radius 3 is 3.00 bits per heavy atom. The van der Waals surface area contributed by atoms with Crippen molar-refractivity contribution in [3.63, 3.8) is 0 Å². The fraction of sp³-hybridized carbons (Fsp3) is 0. The third-order valence-corrected chi connectivity index (χ3v) is 0.927. The zero-order chi connectivity index (χ0) is 4.99. The minimum absolute atomic E-state index is 0.153. The van der Waals surface area contributed by atoms with Crippen LogP contribution in [0.3, 0.4) is 0 Å². The van der Waals surface area contributed by atoms with Crippen LogP contribution in [0.1, 0.15) is 1.37 Å². The average molecular weight is 106 g/mol. The van der Waals surface area contributed by atoms with Crippen molar-refractivity contribution < 1.29 is 6.08 Å². The molecule has 0 aliphatic rings. The first kappa shape index (κ1) is 3.77. The van der Waals surface area contributed by atoms with E-state index in [9.17, 15) is 4.70 Å². The van der Waals surface area contributed by atoms with Gasteiger partial charge in [-0.2, -0.15) is 0 Å². The maximum absolute atomic E-state index is 9.50. The number of hydrogen-bond donors (Lipinski definition) is 0. The van der Waals surface area contributed by atoms with Crippen LogP contribution in [0.15, 0.2) is 0 Å². The Bertz CT molecular complexity index is 50.8. The third kappa shape index (κ3) is 4.59. The van der Waals surface area contributed by atoms with Crippen molar-refractivity contribution in [2.45, 2.75) is 0 Å². The van der Waals surface area contributed by atoms with Crippen LogP contribution in [0.2, 0.25) is 0 Å². The number of hydrogen-bond acceptors (Lipinski definition) is 1. The zero-order valence-electron chi connectivity index (χ0n) is 3.56. The summed E-state index contributed by atoms with van der Waals surface area (Å²) in [5, 5.41) is 0. The Balaban J connectivity index is 2.96. The van der Waals surface area contributed by atoms with E-state index in [4.69, 9.17) is 1.37 Å². The van der Waals surface area contributed by atoms with Crippen LogP contribution in [0.5, 0.6) is 0 Å². The molecule has 2 atom stereocenters. The molecule has 0 aromatic rings. The van der Waals surface area contributed by atoms with Crippen LogP contribution in [0.4, 0.5) is 0 Å². The molecule has 0 spiro atoms. The molecule has 0 saturated heterocycles. The first-order chi connectivity index (χ1) is 2.81. The summed E-state index contributed by atoms with van der Waals surface area (Å²) in [5.41, 5.74) is 0. The molecule has 0 amide bonds. The van der Waals surface area contributed by atoms with Gasteiger partial charge < -0.3 is 0 Å². The van der Waals surface area contributed by atoms with Gasteiger partial charge in [0, 0.05) is 0 Å². The van der Waals surface area contributed by atoms with Gasteiger partial charge in [0.1, 0.15) is 0 Å². The normalized spacial score (nSPS) is 11.0. The van der Waals surface area contributed by atoms with Gasteiger partial charge >= 0.3 is 36.5 Å². The zero-order valence-corrected chi connectivity index (χ0v) is 4.72. The SMILES string of the molecule is [2H][C-](B=O)PP. The van der Waals surface area contributed by atoms with Gasteiger partial charge in [-0.25, -0.2) is 0 Å². The van der Waals surface area contributed by atoms with E-state index in [2.05, 4.69) is 8.93 Å². The standard InChI is InChI=1S/CH4BOP2/c3-2-1-5-4/h1,5H,4H2/q-1/i1D. The van der Waals surface area contributed by atoms with Crippen LogP contribution in [0, 0.1) is 6.04 Å². The van der Waals surface area contributed by atoms with Gasteiger partial charge in [-0.3, -0.25) is 0 Å². The Morgan fingerprint density at radius 2 is 3.00 bits per heavy atom. The predicted molar refractivity (Wildman–Crippen MR) is 28.8 cm³/mol. The van der Waals surface area contributed by atoms with Crippen molar-refractivity contribution in [1.29, 1.82) is 0 Å².